The van der Waals surface area contributed by atoms with Crippen LogP contribution >= 0.6 is 0 Å². The molecular formula is C16H25N3O3. The van der Waals surface area contributed by atoms with Gasteiger partial charge < -0.3 is 15.4 Å². The van der Waals surface area contributed by atoms with Crippen molar-refractivity contribution in [1.29, 1.82) is 0 Å². The summed E-state index contributed by atoms with van der Waals surface area (Å²) in [5.41, 5.74) is 0.702. The molecule has 0 spiro atoms. The molecule has 0 aliphatic heterocycles. The first-order chi connectivity index (χ1) is 10.4. The van der Waals surface area contributed by atoms with Crippen LogP contribution in [-0.4, -0.2) is 49.5 Å². The predicted molar refractivity (Wildman–Crippen MR) is 87.0 cm³/mol. The summed E-state index contributed by atoms with van der Waals surface area (Å²) in [6.45, 7) is 6.66. The summed E-state index contributed by atoms with van der Waals surface area (Å²) in [5, 5.41) is 5.58. The number of amides is 2. The van der Waals surface area contributed by atoms with Crippen LogP contribution in [0.4, 0.5) is 5.69 Å². The van der Waals surface area contributed by atoms with Crippen molar-refractivity contribution >= 4 is 17.5 Å². The first-order valence-electron chi connectivity index (χ1n) is 7.41. The van der Waals surface area contributed by atoms with E-state index < -0.39 is 0 Å². The number of carbonyl (C=O) groups is 2. The van der Waals surface area contributed by atoms with Crippen LogP contribution in [-0.2, 0) is 9.59 Å². The quantitative estimate of drug-likeness (QED) is 0.763. The molecule has 0 aliphatic rings. The molecule has 1 rings (SSSR count). The highest BCUT2D eigenvalue weighted by Gasteiger charge is 2.11. The molecule has 22 heavy (non-hydrogen) atoms. The highest BCUT2D eigenvalue weighted by atomic mass is 16.5. The summed E-state index contributed by atoms with van der Waals surface area (Å²) >= 11 is 0. The van der Waals surface area contributed by atoms with E-state index in [0.29, 0.717) is 12.3 Å². The van der Waals surface area contributed by atoms with Crippen molar-refractivity contribution in [3.63, 3.8) is 0 Å². The van der Waals surface area contributed by atoms with E-state index in [1.54, 1.807) is 36.2 Å². The minimum atomic E-state index is -0.163. The third kappa shape index (κ3) is 7.08. The lowest BCUT2D eigenvalue weighted by Crippen LogP contribution is -2.41. The van der Waals surface area contributed by atoms with Gasteiger partial charge in [0.2, 0.25) is 11.8 Å². The molecule has 0 saturated carbocycles. The first-order valence-corrected chi connectivity index (χ1v) is 7.41. The van der Waals surface area contributed by atoms with Crippen molar-refractivity contribution in [1.82, 2.24) is 10.2 Å². The molecule has 0 fully saturated rings. The Morgan fingerprint density at radius 3 is 2.27 bits per heavy atom. The predicted octanol–water partition coefficient (Wildman–Crippen LogP) is 1.48. The zero-order valence-electron chi connectivity index (χ0n) is 13.7. The zero-order chi connectivity index (χ0) is 16.5. The second-order valence-corrected chi connectivity index (χ2v) is 5.40. The lowest BCUT2D eigenvalue weighted by molar-refractivity contribution is -0.123. The van der Waals surface area contributed by atoms with Gasteiger partial charge >= 0.3 is 0 Å². The Morgan fingerprint density at radius 2 is 1.73 bits per heavy atom. The molecule has 122 valence electrons. The van der Waals surface area contributed by atoms with Gasteiger partial charge in [-0.2, -0.15) is 0 Å². The zero-order valence-corrected chi connectivity index (χ0v) is 13.7. The van der Waals surface area contributed by atoms with Gasteiger partial charge in [-0.05, 0) is 52.1 Å². The van der Waals surface area contributed by atoms with E-state index in [-0.39, 0.29) is 30.9 Å². The number of hydrogen-bond donors (Lipinski definition) is 2. The largest absolute Gasteiger partial charge is 0.494 e. The highest BCUT2D eigenvalue weighted by molar-refractivity contribution is 5.92. The number of anilines is 1. The maximum absolute atomic E-state index is 11.9. The van der Waals surface area contributed by atoms with Crippen molar-refractivity contribution in [3.05, 3.63) is 24.3 Å². The fourth-order valence-electron chi connectivity index (χ4n) is 1.92. The fourth-order valence-corrected chi connectivity index (χ4v) is 1.92. The lowest BCUT2D eigenvalue weighted by atomic mass is 10.3. The van der Waals surface area contributed by atoms with E-state index in [9.17, 15) is 9.59 Å². The summed E-state index contributed by atoms with van der Waals surface area (Å²) in [7, 11) is 1.73. The first kappa shape index (κ1) is 18.0. The summed E-state index contributed by atoms with van der Waals surface area (Å²) in [5.74, 6) is 0.512. The minimum absolute atomic E-state index is 0.0913. The Hall–Kier alpha value is -2.08. The second kappa shape index (κ2) is 9.04. The van der Waals surface area contributed by atoms with Crippen LogP contribution in [0, 0.1) is 0 Å². The van der Waals surface area contributed by atoms with Gasteiger partial charge in [0, 0.05) is 11.7 Å². The molecule has 1 aromatic carbocycles. The fraction of sp³-hybridized carbons (Fsp3) is 0.500. The third-order valence-electron chi connectivity index (χ3n) is 2.73. The van der Waals surface area contributed by atoms with Crippen LogP contribution in [0.15, 0.2) is 24.3 Å². The van der Waals surface area contributed by atoms with Crippen LogP contribution in [0.1, 0.15) is 20.8 Å². The summed E-state index contributed by atoms with van der Waals surface area (Å²) in [4.78, 5) is 25.2. The average molecular weight is 307 g/mol. The van der Waals surface area contributed by atoms with E-state index in [1.807, 2.05) is 20.8 Å². The number of carbonyl (C=O) groups excluding carboxylic acids is 2. The minimum Gasteiger partial charge on any atom is -0.494 e. The number of ether oxygens (including phenoxy) is 1. The molecule has 1 aromatic rings. The smallest absolute Gasteiger partial charge is 0.238 e. The molecule has 0 radical (unpaired) electrons. The molecule has 0 heterocycles. The Bertz CT molecular complexity index is 486. The van der Waals surface area contributed by atoms with Gasteiger partial charge in [0.25, 0.3) is 0 Å². The molecule has 0 bridgehead atoms. The van der Waals surface area contributed by atoms with Gasteiger partial charge in [-0.3, -0.25) is 14.5 Å². The number of benzene rings is 1. The van der Waals surface area contributed by atoms with Gasteiger partial charge in [0.05, 0.1) is 19.7 Å². The SMILES string of the molecule is CCOc1ccc(NC(=O)CN(C)CC(=O)NC(C)C)cc1. The monoisotopic (exact) mass is 307 g/mol. The Morgan fingerprint density at radius 1 is 1.14 bits per heavy atom. The van der Waals surface area contributed by atoms with Crippen LogP contribution in [0.5, 0.6) is 5.75 Å². The van der Waals surface area contributed by atoms with E-state index >= 15 is 0 Å². The van der Waals surface area contributed by atoms with Gasteiger partial charge in [0.1, 0.15) is 5.75 Å². The summed E-state index contributed by atoms with van der Waals surface area (Å²) in [6, 6.07) is 7.28. The average Bonchev–Trinajstić information content (AvgIpc) is 2.39. The molecule has 0 saturated heterocycles. The molecule has 2 amide bonds. The number of nitrogens with one attached hydrogen (secondary N) is 2. The van der Waals surface area contributed by atoms with E-state index in [2.05, 4.69) is 10.6 Å². The summed E-state index contributed by atoms with van der Waals surface area (Å²) < 4.78 is 5.34. The topological polar surface area (TPSA) is 70.7 Å². The van der Waals surface area contributed by atoms with Crippen molar-refractivity contribution in [2.45, 2.75) is 26.8 Å². The molecule has 2 N–H and O–H groups in total. The van der Waals surface area contributed by atoms with Gasteiger partial charge in [-0.15, -0.1) is 0 Å². The maximum atomic E-state index is 11.9. The van der Waals surface area contributed by atoms with Crippen molar-refractivity contribution in [3.8, 4) is 5.75 Å². The van der Waals surface area contributed by atoms with Crippen LogP contribution in [0.3, 0.4) is 0 Å². The van der Waals surface area contributed by atoms with Gasteiger partial charge in [-0.25, -0.2) is 0 Å². The van der Waals surface area contributed by atoms with Crippen LogP contribution < -0.4 is 15.4 Å². The number of rotatable bonds is 8. The highest BCUT2D eigenvalue weighted by Crippen LogP contribution is 2.15. The molecule has 6 heteroatoms. The second-order valence-electron chi connectivity index (χ2n) is 5.40. The van der Waals surface area contributed by atoms with Crippen molar-refractivity contribution < 1.29 is 14.3 Å². The number of nitrogens with zero attached hydrogens (tertiary/aromatic N) is 1. The molecule has 6 nitrogen and oxygen atoms in total. The Labute approximate surface area is 131 Å². The lowest BCUT2D eigenvalue weighted by Gasteiger charge is -2.17. The van der Waals surface area contributed by atoms with Gasteiger partial charge in [-0.1, -0.05) is 0 Å². The van der Waals surface area contributed by atoms with Crippen LogP contribution in [0.25, 0.3) is 0 Å². The van der Waals surface area contributed by atoms with Crippen molar-refractivity contribution in [2.24, 2.45) is 0 Å². The van der Waals surface area contributed by atoms with E-state index in [0.717, 1.165) is 5.75 Å². The normalized spacial score (nSPS) is 10.6. The van der Waals surface area contributed by atoms with Crippen LogP contribution in [0.2, 0.25) is 0 Å². The number of hydrogen-bond acceptors (Lipinski definition) is 4. The summed E-state index contributed by atoms with van der Waals surface area (Å²) in [6.07, 6.45) is 0. The van der Waals surface area contributed by atoms with Crippen molar-refractivity contribution in [2.75, 3.05) is 32.1 Å². The van der Waals surface area contributed by atoms with E-state index in [1.165, 1.54) is 0 Å². The third-order valence-corrected chi connectivity index (χ3v) is 2.73. The van der Waals surface area contributed by atoms with E-state index in [4.69, 9.17) is 4.74 Å². The molecule has 0 aliphatic carbocycles. The Balaban J connectivity index is 2.40. The Kier molecular flexibility index (Phi) is 7.39. The molecular weight excluding hydrogens is 282 g/mol. The molecule has 0 unspecified atom stereocenters. The number of likely N-dealkylation sites (N-methyl/N-ethyl adjacent to an activating group) is 1. The molecule has 0 atom stereocenters. The standard InChI is InChI=1S/C16H25N3O3/c1-5-22-14-8-6-13(7-9-14)18-16(21)11-19(4)10-15(20)17-12(2)3/h6-9,12H,5,10-11H2,1-4H3,(H,17,20)(H,18,21). The maximum Gasteiger partial charge on any atom is 0.238 e. The molecule has 0 aromatic heterocycles. The van der Waals surface area contributed by atoms with Gasteiger partial charge in [0.15, 0.2) is 0 Å².